The number of ether oxygens (including phenoxy) is 1. The summed E-state index contributed by atoms with van der Waals surface area (Å²) in [6.07, 6.45) is 10.8. The molecule has 78 valence electrons. The van der Waals surface area contributed by atoms with Gasteiger partial charge in [0.25, 0.3) is 0 Å². The third-order valence-electron chi connectivity index (χ3n) is 2.68. The highest BCUT2D eigenvalue weighted by Gasteiger charge is 2.36. The van der Waals surface area contributed by atoms with Crippen LogP contribution in [0.5, 0.6) is 0 Å². The second-order valence-corrected chi connectivity index (χ2v) is 4.57. The summed E-state index contributed by atoms with van der Waals surface area (Å²) in [4.78, 5) is 0. The molecule has 0 aromatic carbocycles. The van der Waals surface area contributed by atoms with Gasteiger partial charge in [-0.05, 0) is 6.42 Å². The molecule has 1 saturated heterocycles. The average molecular weight is 249 g/mol. The number of hydrogen-bond acceptors (Lipinski definition) is 1. The van der Waals surface area contributed by atoms with Crippen molar-refractivity contribution in [1.82, 2.24) is 0 Å². The molecule has 1 aliphatic rings. The molecule has 0 radical (unpaired) electrons. The van der Waals surface area contributed by atoms with Gasteiger partial charge in [-0.2, -0.15) is 0 Å². The Morgan fingerprint density at radius 1 is 1.00 bits per heavy atom. The van der Waals surface area contributed by atoms with Crippen molar-refractivity contribution in [2.24, 2.45) is 0 Å². The lowest BCUT2D eigenvalue weighted by molar-refractivity contribution is 0.366. The largest absolute Gasteiger partial charge is 0.369 e. The van der Waals surface area contributed by atoms with Crippen molar-refractivity contribution in [3.8, 4) is 0 Å². The second-order valence-electron chi connectivity index (χ2n) is 3.92. The smallest absolute Gasteiger partial charge is 0.0938 e. The van der Waals surface area contributed by atoms with Crippen LogP contribution >= 0.6 is 15.9 Å². The van der Waals surface area contributed by atoms with Crippen molar-refractivity contribution in [1.29, 1.82) is 0 Å². The highest BCUT2D eigenvalue weighted by molar-refractivity contribution is 9.09. The van der Waals surface area contributed by atoms with Crippen molar-refractivity contribution >= 4 is 15.9 Å². The summed E-state index contributed by atoms with van der Waals surface area (Å²) in [7, 11) is 0. The van der Waals surface area contributed by atoms with Crippen LogP contribution in [0.2, 0.25) is 0 Å². The van der Waals surface area contributed by atoms with E-state index < -0.39 is 0 Å². The Balaban J connectivity index is 1.75. The van der Waals surface area contributed by atoms with Crippen LogP contribution in [-0.4, -0.2) is 17.5 Å². The zero-order valence-electron chi connectivity index (χ0n) is 8.60. The standard InChI is InChI=1S/C11H21BrO/c1-2-3-4-5-6-7-8-10-11(9-12)13-10/h10-11H,2-9H2,1H3/t10-,11-/m1/s1. The Morgan fingerprint density at radius 3 is 2.31 bits per heavy atom. The van der Waals surface area contributed by atoms with Crippen LogP contribution in [0.1, 0.15) is 51.9 Å². The quantitative estimate of drug-likeness (QED) is 0.361. The highest BCUT2D eigenvalue weighted by Crippen LogP contribution is 2.28. The molecular formula is C11H21BrO. The molecule has 1 heterocycles. The third kappa shape index (κ3) is 5.02. The maximum atomic E-state index is 5.45. The van der Waals surface area contributed by atoms with Crippen LogP contribution in [0.25, 0.3) is 0 Å². The number of halogens is 1. The molecule has 1 aliphatic heterocycles. The molecule has 0 aliphatic carbocycles. The second kappa shape index (κ2) is 6.83. The molecule has 2 atom stereocenters. The van der Waals surface area contributed by atoms with Crippen LogP contribution in [0.4, 0.5) is 0 Å². The van der Waals surface area contributed by atoms with Crippen LogP contribution in [0, 0.1) is 0 Å². The SMILES string of the molecule is CCCCCCCC[C@H]1O[C@@H]1CBr. The predicted molar refractivity (Wildman–Crippen MR) is 60.4 cm³/mol. The molecule has 0 aromatic rings. The van der Waals surface area contributed by atoms with E-state index >= 15 is 0 Å². The Labute approximate surface area is 90.4 Å². The van der Waals surface area contributed by atoms with E-state index in [1.165, 1.54) is 44.9 Å². The lowest BCUT2D eigenvalue weighted by Crippen LogP contribution is -1.94. The zero-order valence-corrected chi connectivity index (χ0v) is 10.2. The summed E-state index contributed by atoms with van der Waals surface area (Å²) in [6, 6.07) is 0. The Morgan fingerprint density at radius 2 is 1.69 bits per heavy atom. The maximum Gasteiger partial charge on any atom is 0.0938 e. The van der Waals surface area contributed by atoms with Crippen molar-refractivity contribution in [2.45, 2.75) is 64.1 Å². The molecule has 0 saturated carbocycles. The van der Waals surface area contributed by atoms with E-state index in [2.05, 4.69) is 22.9 Å². The molecule has 0 aromatic heterocycles. The van der Waals surface area contributed by atoms with Crippen molar-refractivity contribution < 1.29 is 4.74 Å². The number of hydrogen-bond donors (Lipinski definition) is 0. The summed E-state index contributed by atoms with van der Waals surface area (Å²) in [5.41, 5.74) is 0. The first-order valence-electron chi connectivity index (χ1n) is 5.60. The minimum atomic E-state index is 0.538. The average Bonchev–Trinajstić information content (AvgIpc) is 2.90. The lowest BCUT2D eigenvalue weighted by Gasteiger charge is -1.98. The van der Waals surface area contributed by atoms with E-state index in [4.69, 9.17) is 4.74 Å². The minimum absolute atomic E-state index is 0.538. The van der Waals surface area contributed by atoms with Crippen molar-refractivity contribution in [2.75, 3.05) is 5.33 Å². The van der Waals surface area contributed by atoms with Crippen molar-refractivity contribution in [3.63, 3.8) is 0 Å². The van der Waals surface area contributed by atoms with E-state index in [1.54, 1.807) is 0 Å². The van der Waals surface area contributed by atoms with E-state index in [0.717, 1.165) is 5.33 Å². The lowest BCUT2D eigenvalue weighted by atomic mass is 10.1. The van der Waals surface area contributed by atoms with Gasteiger partial charge in [0.05, 0.1) is 12.2 Å². The minimum Gasteiger partial charge on any atom is -0.369 e. The van der Waals surface area contributed by atoms with Gasteiger partial charge in [-0.3, -0.25) is 0 Å². The summed E-state index contributed by atoms with van der Waals surface area (Å²) in [5.74, 6) is 0. The molecule has 1 nitrogen and oxygen atoms in total. The Bertz CT molecular complexity index is 127. The summed E-state index contributed by atoms with van der Waals surface area (Å²) >= 11 is 3.43. The van der Waals surface area contributed by atoms with Gasteiger partial charge in [-0.1, -0.05) is 61.4 Å². The van der Waals surface area contributed by atoms with Crippen LogP contribution in [0.15, 0.2) is 0 Å². The molecule has 0 unspecified atom stereocenters. The highest BCUT2D eigenvalue weighted by atomic mass is 79.9. The molecule has 0 amide bonds. The fourth-order valence-corrected chi connectivity index (χ4v) is 2.26. The fourth-order valence-electron chi connectivity index (χ4n) is 1.69. The molecule has 0 bridgehead atoms. The molecule has 1 rings (SSSR count). The number of epoxide rings is 1. The van der Waals surface area contributed by atoms with Crippen LogP contribution in [-0.2, 0) is 4.74 Å². The first-order chi connectivity index (χ1) is 6.38. The number of rotatable bonds is 8. The van der Waals surface area contributed by atoms with Crippen molar-refractivity contribution in [3.05, 3.63) is 0 Å². The topological polar surface area (TPSA) is 12.5 Å². The summed E-state index contributed by atoms with van der Waals surface area (Å²) in [6.45, 7) is 2.26. The van der Waals surface area contributed by atoms with Gasteiger partial charge in [0.15, 0.2) is 0 Å². The van der Waals surface area contributed by atoms with Gasteiger partial charge in [0.1, 0.15) is 0 Å². The van der Waals surface area contributed by atoms with Gasteiger partial charge in [0, 0.05) is 5.33 Å². The van der Waals surface area contributed by atoms with Crippen LogP contribution < -0.4 is 0 Å². The monoisotopic (exact) mass is 248 g/mol. The predicted octanol–water partition coefficient (Wildman–Crippen LogP) is 3.90. The maximum absolute atomic E-state index is 5.45. The summed E-state index contributed by atoms with van der Waals surface area (Å²) in [5, 5.41) is 1.02. The van der Waals surface area contributed by atoms with Gasteiger partial charge in [-0.25, -0.2) is 0 Å². The van der Waals surface area contributed by atoms with E-state index in [9.17, 15) is 0 Å². The first-order valence-corrected chi connectivity index (χ1v) is 6.72. The van der Waals surface area contributed by atoms with E-state index in [1.807, 2.05) is 0 Å². The molecule has 0 N–H and O–H groups in total. The zero-order chi connectivity index (χ0) is 9.52. The first kappa shape index (κ1) is 11.5. The Hall–Kier alpha value is 0.440. The van der Waals surface area contributed by atoms with Gasteiger partial charge in [-0.15, -0.1) is 0 Å². The van der Waals surface area contributed by atoms with Gasteiger partial charge in [0.2, 0.25) is 0 Å². The molecule has 0 spiro atoms. The third-order valence-corrected chi connectivity index (χ3v) is 3.32. The van der Waals surface area contributed by atoms with Gasteiger partial charge < -0.3 is 4.74 Å². The fraction of sp³-hybridized carbons (Fsp3) is 1.00. The molecular weight excluding hydrogens is 228 g/mol. The van der Waals surface area contributed by atoms with E-state index in [0.29, 0.717) is 12.2 Å². The normalized spacial score (nSPS) is 26.3. The number of unbranched alkanes of at least 4 members (excludes halogenated alkanes) is 5. The molecule has 13 heavy (non-hydrogen) atoms. The Kier molecular flexibility index (Phi) is 6.05. The molecule has 2 heteroatoms. The van der Waals surface area contributed by atoms with Crippen LogP contribution in [0.3, 0.4) is 0 Å². The number of alkyl halides is 1. The van der Waals surface area contributed by atoms with Gasteiger partial charge >= 0.3 is 0 Å². The molecule has 1 fully saturated rings. The summed E-state index contributed by atoms with van der Waals surface area (Å²) < 4.78 is 5.45. The van der Waals surface area contributed by atoms with E-state index in [-0.39, 0.29) is 0 Å².